The van der Waals surface area contributed by atoms with Gasteiger partial charge in [0.15, 0.2) is 0 Å². The van der Waals surface area contributed by atoms with E-state index in [0.29, 0.717) is 11.3 Å². The number of aromatic nitrogens is 1. The molecule has 0 fully saturated rings. The number of nitrogens with zero attached hydrogens (tertiary/aromatic N) is 2. The second-order valence-corrected chi connectivity index (χ2v) is 4.83. The number of hydrogen-bond acceptors (Lipinski definition) is 4. The number of ketones is 1. The zero-order valence-electron chi connectivity index (χ0n) is 9.09. The molecule has 0 spiro atoms. The van der Waals surface area contributed by atoms with Gasteiger partial charge in [-0.2, -0.15) is 0 Å². The maximum Gasteiger partial charge on any atom is 0.299 e. The lowest BCUT2D eigenvalue weighted by Gasteiger charge is -2.14. The Morgan fingerprint density at radius 2 is 2.17 bits per heavy atom. The molecule has 5 nitrogen and oxygen atoms in total. The molecule has 0 unspecified atom stereocenters. The Labute approximate surface area is 110 Å². The fourth-order valence-electron chi connectivity index (χ4n) is 1.92. The second-order valence-electron chi connectivity index (χ2n) is 3.91. The Kier molecular flexibility index (Phi) is 2.52. The molecule has 6 heteroatoms. The Hall–Kier alpha value is -1.95. The van der Waals surface area contributed by atoms with Crippen molar-refractivity contribution in [3.8, 4) is 0 Å². The molecule has 0 aliphatic carbocycles. The number of fused-ring (bicyclic) bond motifs is 1. The van der Waals surface area contributed by atoms with E-state index < -0.39 is 11.7 Å². The molecule has 0 atom stereocenters. The molecule has 90 valence electrons. The maximum atomic E-state index is 11.9. The van der Waals surface area contributed by atoms with Crippen molar-refractivity contribution in [1.29, 1.82) is 0 Å². The van der Waals surface area contributed by atoms with Gasteiger partial charge in [-0.05, 0) is 18.2 Å². The fourth-order valence-corrected chi connectivity index (χ4v) is 2.28. The van der Waals surface area contributed by atoms with Crippen LogP contribution in [0.4, 0.5) is 5.69 Å². The number of amides is 1. The highest BCUT2D eigenvalue weighted by Crippen LogP contribution is 2.32. The molecule has 0 N–H and O–H groups in total. The number of carbonyl (C=O) groups excluding carboxylic acids is 2. The van der Waals surface area contributed by atoms with Crippen molar-refractivity contribution >= 4 is 33.3 Å². The average molecular weight is 307 g/mol. The van der Waals surface area contributed by atoms with Crippen LogP contribution in [0.25, 0.3) is 0 Å². The topological polar surface area (TPSA) is 63.4 Å². The third-order valence-corrected chi connectivity index (χ3v) is 3.25. The van der Waals surface area contributed by atoms with Crippen LogP contribution in [0.1, 0.15) is 15.9 Å². The van der Waals surface area contributed by atoms with E-state index in [1.165, 1.54) is 17.4 Å². The SMILES string of the molecule is O=C1C(=O)N(Cc2cnoc2)c2ccc(Br)cc21. The third kappa shape index (κ3) is 1.65. The molecule has 2 aromatic rings. The lowest BCUT2D eigenvalue weighted by molar-refractivity contribution is -0.114. The summed E-state index contributed by atoms with van der Waals surface area (Å²) in [6.45, 7) is 0.280. The summed E-state index contributed by atoms with van der Waals surface area (Å²) >= 11 is 3.29. The average Bonchev–Trinajstić information content (AvgIpc) is 2.94. The predicted molar refractivity (Wildman–Crippen MR) is 66.2 cm³/mol. The molecular weight excluding hydrogens is 300 g/mol. The fraction of sp³-hybridized carbons (Fsp3) is 0.0833. The van der Waals surface area contributed by atoms with E-state index in [4.69, 9.17) is 4.52 Å². The van der Waals surface area contributed by atoms with Crippen LogP contribution < -0.4 is 4.90 Å². The van der Waals surface area contributed by atoms with Crippen LogP contribution in [0.5, 0.6) is 0 Å². The summed E-state index contributed by atoms with van der Waals surface area (Å²) in [7, 11) is 0. The van der Waals surface area contributed by atoms with Crippen LogP contribution in [0.15, 0.2) is 39.7 Å². The summed E-state index contributed by atoms with van der Waals surface area (Å²) < 4.78 is 5.49. The van der Waals surface area contributed by atoms with Crippen molar-refractivity contribution in [1.82, 2.24) is 5.16 Å². The van der Waals surface area contributed by atoms with E-state index in [0.717, 1.165) is 10.0 Å². The van der Waals surface area contributed by atoms with Crippen LogP contribution in [0, 0.1) is 0 Å². The number of halogens is 1. The van der Waals surface area contributed by atoms with Crippen molar-refractivity contribution < 1.29 is 14.1 Å². The van der Waals surface area contributed by atoms with Gasteiger partial charge in [-0.3, -0.25) is 9.59 Å². The van der Waals surface area contributed by atoms with Crippen LogP contribution >= 0.6 is 15.9 Å². The molecule has 3 rings (SSSR count). The van der Waals surface area contributed by atoms with Gasteiger partial charge >= 0.3 is 0 Å². The summed E-state index contributed by atoms with van der Waals surface area (Å²) in [6, 6.07) is 5.20. The van der Waals surface area contributed by atoms with Crippen molar-refractivity contribution in [2.24, 2.45) is 0 Å². The second kappa shape index (κ2) is 4.06. The lowest BCUT2D eigenvalue weighted by atomic mass is 10.1. The number of anilines is 1. The monoisotopic (exact) mass is 306 g/mol. The smallest absolute Gasteiger partial charge is 0.299 e. The van der Waals surface area contributed by atoms with Crippen LogP contribution in [0.3, 0.4) is 0 Å². The molecule has 0 bridgehead atoms. The van der Waals surface area contributed by atoms with Gasteiger partial charge in [-0.25, -0.2) is 0 Å². The van der Waals surface area contributed by atoms with Crippen LogP contribution in [-0.4, -0.2) is 16.8 Å². The van der Waals surface area contributed by atoms with Crippen molar-refractivity contribution in [2.45, 2.75) is 6.54 Å². The summed E-state index contributed by atoms with van der Waals surface area (Å²) in [4.78, 5) is 25.2. The largest absolute Gasteiger partial charge is 0.364 e. The van der Waals surface area contributed by atoms with Gasteiger partial charge in [0, 0.05) is 10.0 Å². The standard InChI is InChI=1S/C12H7BrN2O3/c13-8-1-2-10-9(3-8)11(16)12(17)15(10)5-7-4-14-18-6-7/h1-4,6H,5H2. The molecule has 0 radical (unpaired) electrons. The van der Waals surface area contributed by atoms with E-state index in [2.05, 4.69) is 21.1 Å². The lowest BCUT2D eigenvalue weighted by Crippen LogP contribution is -2.28. The highest BCUT2D eigenvalue weighted by molar-refractivity contribution is 9.10. The number of rotatable bonds is 2. The normalized spacial score (nSPS) is 14.2. The Bertz CT molecular complexity index is 637. The summed E-state index contributed by atoms with van der Waals surface area (Å²) in [5, 5.41) is 3.57. The van der Waals surface area contributed by atoms with E-state index >= 15 is 0 Å². The summed E-state index contributed by atoms with van der Waals surface area (Å²) in [5.74, 6) is -1.01. The minimum Gasteiger partial charge on any atom is -0.364 e. The number of Topliss-reactive ketones (excluding diaryl/α,β-unsaturated/α-hetero) is 1. The Morgan fingerprint density at radius 3 is 2.89 bits per heavy atom. The van der Waals surface area contributed by atoms with Crippen molar-refractivity contribution in [3.05, 3.63) is 46.3 Å². The summed E-state index contributed by atoms with van der Waals surface area (Å²) in [6.07, 6.45) is 2.98. The molecule has 0 saturated carbocycles. The molecule has 1 aromatic carbocycles. The quantitative estimate of drug-likeness (QED) is 0.798. The van der Waals surface area contributed by atoms with E-state index in [1.54, 1.807) is 18.2 Å². The number of carbonyl (C=O) groups is 2. The highest BCUT2D eigenvalue weighted by atomic mass is 79.9. The van der Waals surface area contributed by atoms with Gasteiger partial charge in [-0.15, -0.1) is 0 Å². The van der Waals surface area contributed by atoms with Crippen molar-refractivity contribution in [2.75, 3.05) is 4.90 Å². The molecule has 2 heterocycles. The van der Waals surface area contributed by atoms with E-state index in [-0.39, 0.29) is 6.54 Å². The first-order valence-electron chi connectivity index (χ1n) is 5.21. The third-order valence-electron chi connectivity index (χ3n) is 2.76. The van der Waals surface area contributed by atoms with Crippen LogP contribution in [-0.2, 0) is 11.3 Å². The predicted octanol–water partition coefficient (Wildman–Crippen LogP) is 2.17. The van der Waals surface area contributed by atoms with Crippen molar-refractivity contribution in [3.63, 3.8) is 0 Å². The molecular formula is C12H7BrN2O3. The minimum absolute atomic E-state index is 0.280. The zero-order valence-corrected chi connectivity index (χ0v) is 10.7. The van der Waals surface area contributed by atoms with Gasteiger partial charge < -0.3 is 9.42 Å². The number of benzene rings is 1. The Morgan fingerprint density at radius 1 is 1.33 bits per heavy atom. The first-order chi connectivity index (χ1) is 8.66. The van der Waals surface area contributed by atoms with Gasteiger partial charge in [0.2, 0.25) is 0 Å². The highest BCUT2D eigenvalue weighted by Gasteiger charge is 2.35. The Balaban J connectivity index is 2.02. The minimum atomic E-state index is -0.524. The first-order valence-corrected chi connectivity index (χ1v) is 6.00. The number of hydrogen-bond donors (Lipinski definition) is 0. The van der Waals surface area contributed by atoms with Gasteiger partial charge in [0.25, 0.3) is 11.7 Å². The molecule has 1 amide bonds. The molecule has 1 aromatic heterocycles. The van der Waals surface area contributed by atoms with E-state index in [1.807, 2.05) is 0 Å². The first kappa shape index (κ1) is 11.2. The molecule has 1 aliphatic rings. The molecule has 0 saturated heterocycles. The van der Waals surface area contributed by atoms with Crippen LogP contribution in [0.2, 0.25) is 0 Å². The molecule has 18 heavy (non-hydrogen) atoms. The van der Waals surface area contributed by atoms with Gasteiger partial charge in [-0.1, -0.05) is 21.1 Å². The summed E-state index contributed by atoms with van der Waals surface area (Å²) in [5.41, 5.74) is 1.78. The zero-order chi connectivity index (χ0) is 12.7. The van der Waals surface area contributed by atoms with Gasteiger partial charge in [0.1, 0.15) is 6.26 Å². The van der Waals surface area contributed by atoms with E-state index in [9.17, 15) is 9.59 Å². The molecule has 1 aliphatic heterocycles. The van der Waals surface area contributed by atoms with Gasteiger partial charge in [0.05, 0.1) is 24.0 Å². The maximum absolute atomic E-state index is 11.9.